The molecule has 1 saturated carbocycles. The molecular formula is C16H25N3. The smallest absolute Gasteiger partial charge is 0.0309 e. The van der Waals surface area contributed by atoms with E-state index in [4.69, 9.17) is 0 Å². The topological polar surface area (TPSA) is 28.2 Å². The summed E-state index contributed by atoms with van der Waals surface area (Å²) in [5.74, 6) is 0. The lowest BCUT2D eigenvalue weighted by Gasteiger charge is -2.46. The van der Waals surface area contributed by atoms with E-state index < -0.39 is 0 Å². The number of hydrogen-bond acceptors (Lipinski definition) is 3. The Morgan fingerprint density at radius 3 is 2.74 bits per heavy atom. The zero-order chi connectivity index (χ0) is 13.0. The molecule has 19 heavy (non-hydrogen) atoms. The zero-order valence-electron chi connectivity index (χ0n) is 11.8. The molecule has 0 radical (unpaired) electrons. The minimum absolute atomic E-state index is 0.439. The molecular weight excluding hydrogens is 234 g/mol. The molecule has 0 unspecified atom stereocenters. The van der Waals surface area contributed by atoms with Crippen LogP contribution in [0.2, 0.25) is 0 Å². The average molecular weight is 259 g/mol. The highest BCUT2D eigenvalue weighted by Gasteiger charge is 2.35. The number of nitrogens with one attached hydrogen (secondary N) is 1. The van der Waals surface area contributed by atoms with Gasteiger partial charge in [-0.3, -0.25) is 9.88 Å². The summed E-state index contributed by atoms with van der Waals surface area (Å²) in [4.78, 5) is 6.74. The minimum Gasteiger partial charge on any atom is -0.309 e. The van der Waals surface area contributed by atoms with Gasteiger partial charge in [0.25, 0.3) is 0 Å². The molecule has 1 aliphatic carbocycles. The van der Waals surface area contributed by atoms with Crippen LogP contribution in [0.4, 0.5) is 0 Å². The molecule has 0 aromatic carbocycles. The van der Waals surface area contributed by atoms with Gasteiger partial charge in [-0.25, -0.2) is 0 Å². The molecule has 1 aromatic rings. The molecule has 1 aliphatic heterocycles. The van der Waals surface area contributed by atoms with Crippen molar-refractivity contribution in [2.75, 3.05) is 26.2 Å². The lowest BCUT2D eigenvalue weighted by molar-refractivity contribution is 0.100. The Morgan fingerprint density at radius 2 is 1.95 bits per heavy atom. The van der Waals surface area contributed by atoms with Crippen LogP contribution >= 0.6 is 0 Å². The van der Waals surface area contributed by atoms with Gasteiger partial charge in [-0.05, 0) is 37.0 Å². The summed E-state index contributed by atoms with van der Waals surface area (Å²) in [6.07, 6.45) is 11.9. The normalized spacial score (nSPS) is 23.6. The van der Waals surface area contributed by atoms with Gasteiger partial charge in [-0.1, -0.05) is 19.3 Å². The standard InChI is InChI=1S/C16H25N3/c1-2-7-16(8-3-1)14-19(13-11-18-16)12-6-15-4-9-17-10-5-15/h4-5,9-10,18H,1-3,6-8,11-14H2. The van der Waals surface area contributed by atoms with E-state index in [1.54, 1.807) is 0 Å². The second-order valence-electron chi connectivity index (χ2n) is 6.15. The van der Waals surface area contributed by atoms with E-state index in [9.17, 15) is 0 Å². The van der Waals surface area contributed by atoms with E-state index in [1.165, 1.54) is 57.3 Å². The monoisotopic (exact) mass is 259 g/mol. The number of piperazine rings is 1. The molecule has 2 heterocycles. The van der Waals surface area contributed by atoms with E-state index >= 15 is 0 Å². The van der Waals surface area contributed by atoms with Crippen LogP contribution in [-0.4, -0.2) is 41.6 Å². The van der Waals surface area contributed by atoms with Crippen molar-refractivity contribution in [3.8, 4) is 0 Å². The fraction of sp³-hybridized carbons (Fsp3) is 0.688. The van der Waals surface area contributed by atoms with Crippen LogP contribution in [0.15, 0.2) is 24.5 Å². The maximum atomic E-state index is 4.08. The maximum Gasteiger partial charge on any atom is 0.0309 e. The third-order valence-corrected chi connectivity index (χ3v) is 4.73. The van der Waals surface area contributed by atoms with Crippen LogP contribution in [0.5, 0.6) is 0 Å². The molecule has 2 fully saturated rings. The first-order chi connectivity index (χ1) is 9.36. The second kappa shape index (κ2) is 6.02. The largest absolute Gasteiger partial charge is 0.309 e. The third kappa shape index (κ3) is 3.34. The summed E-state index contributed by atoms with van der Waals surface area (Å²) in [6, 6.07) is 4.27. The summed E-state index contributed by atoms with van der Waals surface area (Å²) >= 11 is 0. The van der Waals surface area contributed by atoms with Crippen molar-refractivity contribution in [2.24, 2.45) is 0 Å². The first-order valence-electron chi connectivity index (χ1n) is 7.73. The van der Waals surface area contributed by atoms with Gasteiger partial charge < -0.3 is 5.32 Å². The predicted octanol–water partition coefficient (Wildman–Crippen LogP) is 2.23. The fourth-order valence-electron chi connectivity index (χ4n) is 3.63. The van der Waals surface area contributed by atoms with Crippen molar-refractivity contribution in [2.45, 2.75) is 44.1 Å². The van der Waals surface area contributed by atoms with Gasteiger partial charge in [0.05, 0.1) is 0 Å². The van der Waals surface area contributed by atoms with Gasteiger partial charge in [-0.15, -0.1) is 0 Å². The molecule has 104 valence electrons. The maximum absolute atomic E-state index is 4.08. The molecule has 1 N–H and O–H groups in total. The van der Waals surface area contributed by atoms with Crippen molar-refractivity contribution in [1.29, 1.82) is 0 Å². The molecule has 1 aromatic heterocycles. The Morgan fingerprint density at radius 1 is 1.16 bits per heavy atom. The molecule has 1 spiro atoms. The summed E-state index contributed by atoms with van der Waals surface area (Å²) in [5, 5.41) is 3.81. The molecule has 1 saturated heterocycles. The molecule has 3 heteroatoms. The SMILES string of the molecule is c1cc(CCN2CCNC3(CCCCC3)C2)ccn1. The van der Waals surface area contributed by atoms with Crippen molar-refractivity contribution < 1.29 is 0 Å². The lowest BCUT2D eigenvalue weighted by atomic mass is 9.80. The van der Waals surface area contributed by atoms with Gasteiger partial charge >= 0.3 is 0 Å². The highest BCUT2D eigenvalue weighted by molar-refractivity contribution is 5.10. The van der Waals surface area contributed by atoms with Crippen LogP contribution in [0.3, 0.4) is 0 Å². The lowest BCUT2D eigenvalue weighted by Crippen LogP contribution is -2.61. The number of hydrogen-bond donors (Lipinski definition) is 1. The summed E-state index contributed by atoms with van der Waals surface area (Å²) in [7, 11) is 0. The highest BCUT2D eigenvalue weighted by Crippen LogP contribution is 2.30. The second-order valence-corrected chi connectivity index (χ2v) is 6.15. The number of aromatic nitrogens is 1. The van der Waals surface area contributed by atoms with Crippen LogP contribution in [-0.2, 0) is 6.42 Å². The zero-order valence-corrected chi connectivity index (χ0v) is 11.8. The van der Waals surface area contributed by atoms with Crippen molar-refractivity contribution in [3.63, 3.8) is 0 Å². The van der Waals surface area contributed by atoms with E-state index in [1.807, 2.05) is 12.4 Å². The van der Waals surface area contributed by atoms with E-state index in [0.29, 0.717) is 5.54 Å². The van der Waals surface area contributed by atoms with Crippen LogP contribution < -0.4 is 5.32 Å². The van der Waals surface area contributed by atoms with Crippen molar-refractivity contribution in [1.82, 2.24) is 15.2 Å². The fourth-order valence-corrected chi connectivity index (χ4v) is 3.63. The Labute approximate surface area is 116 Å². The summed E-state index contributed by atoms with van der Waals surface area (Å²) in [5.41, 5.74) is 1.85. The Balaban J connectivity index is 1.53. The van der Waals surface area contributed by atoms with Crippen molar-refractivity contribution in [3.05, 3.63) is 30.1 Å². The van der Waals surface area contributed by atoms with Gasteiger partial charge in [0, 0.05) is 44.1 Å². The van der Waals surface area contributed by atoms with Gasteiger partial charge in [-0.2, -0.15) is 0 Å². The van der Waals surface area contributed by atoms with Crippen LogP contribution in [0.1, 0.15) is 37.7 Å². The molecule has 0 atom stereocenters. The number of rotatable bonds is 3. The Hall–Kier alpha value is -0.930. The van der Waals surface area contributed by atoms with Gasteiger partial charge in [0.1, 0.15) is 0 Å². The summed E-state index contributed by atoms with van der Waals surface area (Å²) < 4.78 is 0. The quantitative estimate of drug-likeness (QED) is 0.902. The Bertz CT molecular complexity index is 379. The number of pyridine rings is 1. The molecule has 0 amide bonds. The average Bonchev–Trinajstić information content (AvgIpc) is 2.47. The van der Waals surface area contributed by atoms with E-state index in [-0.39, 0.29) is 0 Å². The van der Waals surface area contributed by atoms with Crippen molar-refractivity contribution >= 4 is 0 Å². The molecule has 2 aliphatic rings. The molecule has 3 rings (SSSR count). The van der Waals surface area contributed by atoms with Crippen LogP contribution in [0, 0.1) is 0 Å². The van der Waals surface area contributed by atoms with Gasteiger partial charge in [0.2, 0.25) is 0 Å². The van der Waals surface area contributed by atoms with E-state index in [2.05, 4.69) is 27.3 Å². The molecule has 0 bridgehead atoms. The predicted molar refractivity (Wildman–Crippen MR) is 78.2 cm³/mol. The third-order valence-electron chi connectivity index (χ3n) is 4.73. The van der Waals surface area contributed by atoms with E-state index in [0.717, 1.165) is 13.0 Å². The minimum atomic E-state index is 0.439. The summed E-state index contributed by atoms with van der Waals surface area (Å²) in [6.45, 7) is 4.80. The highest BCUT2D eigenvalue weighted by atomic mass is 15.2. The molecule has 3 nitrogen and oxygen atoms in total. The number of nitrogens with zero attached hydrogens (tertiary/aromatic N) is 2. The Kier molecular flexibility index (Phi) is 4.14. The van der Waals surface area contributed by atoms with Gasteiger partial charge in [0.15, 0.2) is 0 Å². The first kappa shape index (κ1) is 13.1. The van der Waals surface area contributed by atoms with Crippen LogP contribution in [0.25, 0.3) is 0 Å². The first-order valence-corrected chi connectivity index (χ1v) is 7.73.